The van der Waals surface area contributed by atoms with Gasteiger partial charge >= 0.3 is 46.2 Å². The van der Waals surface area contributed by atoms with Crippen molar-refractivity contribution in [3.8, 4) is 0 Å². The van der Waals surface area contributed by atoms with Gasteiger partial charge < -0.3 is 0 Å². The van der Waals surface area contributed by atoms with Crippen LogP contribution in [-0.4, -0.2) is 13.4 Å². The SMILES string of the molecule is C[P+](I)=BN. The Kier molecular flexibility index (Phi) is 3.94. The second-order valence-corrected chi connectivity index (χ2v) is 6.59. The maximum atomic E-state index is 5.07. The summed E-state index contributed by atoms with van der Waals surface area (Å²) in [6, 6.07) is 0. The van der Waals surface area contributed by atoms with Crippen molar-refractivity contribution in [1.82, 2.24) is 0 Å². The minimum absolute atomic E-state index is 0.0245. The van der Waals surface area contributed by atoms with Crippen LogP contribution in [0, 0.1) is 0 Å². The first-order valence-corrected chi connectivity index (χ1v) is 5.85. The molecule has 0 aliphatic carbocycles. The molecule has 1 nitrogen and oxygen atoms in total. The first kappa shape index (κ1) is 6.05. The second kappa shape index (κ2) is 3.25. The summed E-state index contributed by atoms with van der Waals surface area (Å²) in [5.41, 5.74) is 5.07. The maximum absolute atomic E-state index is 5.07. The van der Waals surface area contributed by atoms with Crippen molar-refractivity contribution in [3.63, 3.8) is 0 Å². The summed E-state index contributed by atoms with van der Waals surface area (Å²) in [7, 11) is 0. The molecule has 0 spiro atoms. The molecule has 0 saturated heterocycles. The van der Waals surface area contributed by atoms with Crippen LogP contribution in [0.1, 0.15) is 0 Å². The molecule has 2 N–H and O–H groups in total. The number of hydrogen-bond donors (Lipinski definition) is 1. The topological polar surface area (TPSA) is 26.0 Å². The van der Waals surface area contributed by atoms with Crippen molar-refractivity contribution in [1.29, 1.82) is 0 Å². The Bertz CT molecular complexity index is 49.6. The summed E-state index contributed by atoms with van der Waals surface area (Å²) in [6.07, 6.45) is 0. The molecule has 28 valence electrons. The molecule has 0 aromatic rings. The molecule has 1 unspecified atom stereocenters. The van der Waals surface area contributed by atoms with E-state index in [9.17, 15) is 0 Å². The zero-order valence-corrected chi connectivity index (χ0v) is 6.03. The average molecular weight is 200 g/mol. The van der Waals surface area contributed by atoms with E-state index in [0.29, 0.717) is 0 Å². The van der Waals surface area contributed by atoms with E-state index in [0.717, 1.165) is 0 Å². The van der Waals surface area contributed by atoms with Crippen LogP contribution >= 0.6 is 27.1 Å². The molecule has 5 heavy (non-hydrogen) atoms. The van der Waals surface area contributed by atoms with Gasteiger partial charge in [0.25, 0.3) is 0 Å². The Hall–Kier alpha value is 1.05. The third-order valence-electron chi connectivity index (χ3n) is 0.205. The van der Waals surface area contributed by atoms with Gasteiger partial charge in [-0.15, -0.1) is 0 Å². The Labute approximate surface area is 46.4 Å². The van der Waals surface area contributed by atoms with E-state index in [1.807, 2.05) is 0 Å². The van der Waals surface area contributed by atoms with Gasteiger partial charge in [-0.1, -0.05) is 0 Å². The molecule has 0 radical (unpaired) electrons. The van der Waals surface area contributed by atoms with Gasteiger partial charge in [-0.05, 0) is 0 Å². The van der Waals surface area contributed by atoms with E-state index in [1.54, 1.807) is 6.75 Å². The van der Waals surface area contributed by atoms with E-state index in [1.165, 1.54) is 0 Å². The molecule has 0 aliphatic heterocycles. The fraction of sp³-hybridized carbons (Fsp3) is 1.00. The third kappa shape index (κ3) is 5.05. The van der Waals surface area contributed by atoms with Gasteiger partial charge in [0.05, 0.1) is 0 Å². The second-order valence-electron chi connectivity index (χ2n) is 0.674. The van der Waals surface area contributed by atoms with Crippen LogP contribution < -0.4 is 5.64 Å². The third-order valence-corrected chi connectivity index (χ3v) is 1.58. The van der Waals surface area contributed by atoms with Crippen molar-refractivity contribution < 1.29 is 0 Å². The molecule has 4 heteroatoms. The molecule has 0 saturated carbocycles. The predicted molar refractivity (Wildman–Crippen MR) is 36.8 cm³/mol. The number of halogens is 1. The van der Waals surface area contributed by atoms with Gasteiger partial charge in [-0.3, -0.25) is 0 Å². The molecule has 0 aromatic heterocycles. The normalized spacial score (nSPS) is 10.6. The molecular formula is CH5BINP+. The molecule has 0 aromatic carbocycles. The van der Waals surface area contributed by atoms with Gasteiger partial charge in [0, 0.05) is 0 Å². The zero-order chi connectivity index (χ0) is 4.28. The summed E-state index contributed by atoms with van der Waals surface area (Å²) < 4.78 is 0. The average Bonchev–Trinajstić information content (AvgIpc) is 1.38. The molecule has 0 aliphatic rings. The minimum atomic E-state index is 0.0245. The standard InChI is InChI=1S/CH5BINP/c1-5(3)2-4/h4H2,1H3/q+1. The van der Waals surface area contributed by atoms with Crippen molar-refractivity contribution in [2.75, 3.05) is 6.66 Å². The Balaban J connectivity index is 3.14. The summed E-state index contributed by atoms with van der Waals surface area (Å²) in [6.45, 7) is 3.81. The van der Waals surface area contributed by atoms with Gasteiger partial charge in [0.1, 0.15) is 0 Å². The monoisotopic (exact) mass is 200 g/mol. The van der Waals surface area contributed by atoms with Crippen LogP contribution in [-0.2, 0) is 0 Å². The number of rotatable bonds is 0. The van der Waals surface area contributed by atoms with Crippen molar-refractivity contribution in [2.45, 2.75) is 0 Å². The Morgan fingerprint density at radius 3 is 2.20 bits per heavy atom. The van der Waals surface area contributed by atoms with E-state index in [-0.39, 0.29) is 5.05 Å². The summed E-state index contributed by atoms with van der Waals surface area (Å²) >= 11 is 2.29. The van der Waals surface area contributed by atoms with Gasteiger partial charge in [-0.2, -0.15) is 0 Å². The molecule has 0 rings (SSSR count). The van der Waals surface area contributed by atoms with Gasteiger partial charge in [0.2, 0.25) is 0 Å². The van der Waals surface area contributed by atoms with Crippen LogP contribution in [0.2, 0.25) is 0 Å². The molecule has 0 bridgehead atoms. The summed E-state index contributed by atoms with van der Waals surface area (Å²) in [5, 5.41) is 0.0245. The number of hydrogen-bond acceptors (Lipinski definition) is 0. The van der Waals surface area contributed by atoms with Crippen LogP contribution in [0.15, 0.2) is 0 Å². The summed E-state index contributed by atoms with van der Waals surface area (Å²) in [4.78, 5) is 0. The zero-order valence-electron chi connectivity index (χ0n) is 2.98. The molecular weight excluding hydrogens is 195 g/mol. The fourth-order valence-electron chi connectivity index (χ4n) is 0. The van der Waals surface area contributed by atoms with Crippen molar-refractivity contribution in [2.24, 2.45) is 5.64 Å². The number of nitrogens with two attached hydrogens (primary N) is 1. The Morgan fingerprint density at radius 1 is 2.00 bits per heavy atom. The quantitative estimate of drug-likeness (QED) is 0.351. The van der Waals surface area contributed by atoms with E-state index in [2.05, 4.69) is 28.7 Å². The molecule has 1 atom stereocenters. The molecule has 0 fully saturated rings. The van der Waals surface area contributed by atoms with Gasteiger partial charge in [0.15, 0.2) is 0 Å². The summed E-state index contributed by atoms with van der Waals surface area (Å²) in [5.74, 6) is 0. The van der Waals surface area contributed by atoms with E-state index in [4.69, 9.17) is 5.64 Å². The fourth-order valence-corrected chi connectivity index (χ4v) is 0. The van der Waals surface area contributed by atoms with Crippen LogP contribution in [0.25, 0.3) is 0 Å². The first-order chi connectivity index (χ1) is 2.27. The van der Waals surface area contributed by atoms with Gasteiger partial charge in [-0.25, -0.2) is 0 Å². The van der Waals surface area contributed by atoms with Crippen LogP contribution in [0.3, 0.4) is 0 Å². The van der Waals surface area contributed by atoms with E-state index < -0.39 is 0 Å². The van der Waals surface area contributed by atoms with Crippen LogP contribution in [0.4, 0.5) is 0 Å². The molecule has 0 amide bonds. The Morgan fingerprint density at radius 2 is 2.20 bits per heavy atom. The molecule has 0 heterocycles. The van der Waals surface area contributed by atoms with Crippen LogP contribution in [0.5, 0.6) is 0 Å². The predicted octanol–water partition coefficient (Wildman–Crippen LogP) is 0.941. The van der Waals surface area contributed by atoms with E-state index >= 15 is 0 Å². The van der Waals surface area contributed by atoms with Crippen molar-refractivity contribution in [3.05, 3.63) is 0 Å². The first-order valence-electron chi connectivity index (χ1n) is 1.21. The van der Waals surface area contributed by atoms with Crippen molar-refractivity contribution >= 4 is 33.8 Å².